The summed E-state index contributed by atoms with van der Waals surface area (Å²) >= 11 is 6.08. The normalized spacial score (nSPS) is 24.0. The lowest BCUT2D eigenvalue weighted by molar-refractivity contribution is -0.0606. The third-order valence-corrected chi connectivity index (χ3v) is 4.59. The van der Waals surface area contributed by atoms with E-state index in [2.05, 4.69) is 15.4 Å². The number of amides is 1. The number of aryl methyl sites for hydroxylation is 1. The Morgan fingerprint density at radius 2 is 2.32 bits per heavy atom. The predicted octanol–water partition coefficient (Wildman–Crippen LogP) is 0.651. The summed E-state index contributed by atoms with van der Waals surface area (Å²) in [6, 6.07) is -0.00375. The van der Waals surface area contributed by atoms with Crippen molar-refractivity contribution < 1.29 is 9.53 Å². The van der Waals surface area contributed by atoms with Crippen molar-refractivity contribution in [3.63, 3.8) is 0 Å². The number of rotatable bonds is 1. The van der Waals surface area contributed by atoms with Crippen molar-refractivity contribution in [2.24, 2.45) is 7.05 Å². The molecule has 0 aromatic carbocycles. The van der Waals surface area contributed by atoms with Gasteiger partial charge in [0.2, 0.25) is 0 Å². The third-order valence-electron chi connectivity index (χ3n) is 4.31. The largest absolute Gasteiger partial charge is 0.370 e. The first-order chi connectivity index (χ1) is 10.6. The Hall–Kier alpha value is -1.93. The SMILES string of the molecule is Cn1ncc(Cl)c1C(=O)N1CCC2OCc3cnnn3C2C1. The fraction of sp³-hybridized carbons (Fsp3) is 0.538. The van der Waals surface area contributed by atoms with E-state index in [0.29, 0.717) is 30.4 Å². The molecule has 1 fully saturated rings. The van der Waals surface area contributed by atoms with Crippen LogP contribution in [0.2, 0.25) is 5.02 Å². The van der Waals surface area contributed by atoms with Gasteiger partial charge >= 0.3 is 0 Å². The van der Waals surface area contributed by atoms with Crippen LogP contribution in [0.1, 0.15) is 28.6 Å². The first-order valence-electron chi connectivity index (χ1n) is 7.12. The molecular formula is C13H15ClN6O2. The summed E-state index contributed by atoms with van der Waals surface area (Å²) in [6.45, 7) is 1.68. The Kier molecular flexibility index (Phi) is 3.16. The van der Waals surface area contributed by atoms with E-state index in [-0.39, 0.29) is 18.1 Å². The van der Waals surface area contributed by atoms with Crippen LogP contribution in [0.25, 0.3) is 0 Å². The van der Waals surface area contributed by atoms with E-state index >= 15 is 0 Å². The quantitative estimate of drug-likeness (QED) is 0.770. The third kappa shape index (κ3) is 2.02. The molecule has 2 aliphatic heterocycles. The summed E-state index contributed by atoms with van der Waals surface area (Å²) in [6.07, 6.45) is 4.03. The molecule has 1 amide bonds. The van der Waals surface area contributed by atoms with Crippen LogP contribution in [0.4, 0.5) is 0 Å². The number of likely N-dealkylation sites (tertiary alicyclic amines) is 1. The Balaban J connectivity index is 1.60. The van der Waals surface area contributed by atoms with Gasteiger partial charge < -0.3 is 9.64 Å². The molecule has 2 aromatic rings. The molecule has 8 nitrogen and oxygen atoms in total. The van der Waals surface area contributed by atoms with E-state index in [0.717, 1.165) is 12.1 Å². The number of nitrogens with zero attached hydrogens (tertiary/aromatic N) is 6. The van der Waals surface area contributed by atoms with Crippen molar-refractivity contribution in [1.29, 1.82) is 0 Å². The van der Waals surface area contributed by atoms with Gasteiger partial charge in [-0.25, -0.2) is 4.68 Å². The molecule has 2 atom stereocenters. The van der Waals surface area contributed by atoms with Gasteiger partial charge in [0.25, 0.3) is 5.91 Å². The molecule has 4 heterocycles. The second kappa shape index (κ2) is 5.06. The molecule has 0 N–H and O–H groups in total. The maximum absolute atomic E-state index is 12.7. The van der Waals surface area contributed by atoms with Crippen molar-refractivity contribution in [3.05, 3.63) is 28.8 Å². The van der Waals surface area contributed by atoms with E-state index in [1.54, 1.807) is 18.1 Å². The molecule has 1 saturated heterocycles. The minimum Gasteiger partial charge on any atom is -0.370 e. The first-order valence-corrected chi connectivity index (χ1v) is 7.50. The summed E-state index contributed by atoms with van der Waals surface area (Å²) in [5.41, 5.74) is 1.35. The van der Waals surface area contributed by atoms with E-state index in [1.165, 1.54) is 10.9 Å². The summed E-state index contributed by atoms with van der Waals surface area (Å²) in [5.74, 6) is -0.115. The van der Waals surface area contributed by atoms with Crippen LogP contribution in [0.15, 0.2) is 12.4 Å². The van der Waals surface area contributed by atoms with Gasteiger partial charge in [0.15, 0.2) is 0 Å². The molecule has 2 aliphatic rings. The van der Waals surface area contributed by atoms with E-state index < -0.39 is 0 Å². The van der Waals surface area contributed by atoms with Crippen molar-refractivity contribution in [3.8, 4) is 0 Å². The lowest BCUT2D eigenvalue weighted by Gasteiger charge is -2.40. The first kappa shape index (κ1) is 13.7. The Morgan fingerprint density at radius 1 is 1.45 bits per heavy atom. The molecule has 0 radical (unpaired) electrons. The molecule has 22 heavy (non-hydrogen) atoms. The van der Waals surface area contributed by atoms with E-state index in [9.17, 15) is 4.79 Å². The van der Waals surface area contributed by atoms with Crippen LogP contribution < -0.4 is 0 Å². The smallest absolute Gasteiger partial charge is 0.273 e. The summed E-state index contributed by atoms with van der Waals surface area (Å²) in [4.78, 5) is 14.5. The van der Waals surface area contributed by atoms with Gasteiger partial charge in [-0.15, -0.1) is 5.10 Å². The molecule has 0 saturated carbocycles. The van der Waals surface area contributed by atoms with Crippen molar-refractivity contribution >= 4 is 17.5 Å². The van der Waals surface area contributed by atoms with E-state index in [4.69, 9.17) is 16.3 Å². The summed E-state index contributed by atoms with van der Waals surface area (Å²) < 4.78 is 9.23. The molecule has 4 rings (SSSR count). The van der Waals surface area contributed by atoms with Crippen molar-refractivity contribution in [1.82, 2.24) is 29.7 Å². The number of hydrogen-bond donors (Lipinski definition) is 0. The van der Waals surface area contributed by atoms with Gasteiger partial charge in [-0.05, 0) is 6.42 Å². The van der Waals surface area contributed by atoms with Crippen molar-refractivity contribution in [2.75, 3.05) is 13.1 Å². The Morgan fingerprint density at radius 3 is 3.09 bits per heavy atom. The molecule has 9 heteroatoms. The number of fused-ring (bicyclic) bond motifs is 3. The average Bonchev–Trinajstić information content (AvgIpc) is 3.13. The highest BCUT2D eigenvalue weighted by Crippen LogP contribution is 2.31. The second-order valence-corrected chi connectivity index (χ2v) is 6.00. The minimum absolute atomic E-state index is 0.00375. The lowest BCUT2D eigenvalue weighted by atomic mass is 10.00. The topological polar surface area (TPSA) is 78.1 Å². The van der Waals surface area contributed by atoms with Gasteiger partial charge in [0.1, 0.15) is 5.69 Å². The highest BCUT2D eigenvalue weighted by molar-refractivity contribution is 6.33. The average molecular weight is 323 g/mol. The Bertz CT molecular complexity index is 706. The van der Waals surface area contributed by atoms with Crippen LogP contribution in [0, 0.1) is 0 Å². The monoisotopic (exact) mass is 322 g/mol. The predicted molar refractivity (Wildman–Crippen MR) is 76.4 cm³/mol. The second-order valence-electron chi connectivity index (χ2n) is 5.59. The number of carbonyl (C=O) groups is 1. The van der Waals surface area contributed by atoms with Crippen LogP contribution in [0.5, 0.6) is 0 Å². The van der Waals surface area contributed by atoms with Crippen LogP contribution >= 0.6 is 11.6 Å². The highest BCUT2D eigenvalue weighted by Gasteiger charge is 2.38. The molecule has 0 aliphatic carbocycles. The summed E-state index contributed by atoms with van der Waals surface area (Å²) in [5, 5.41) is 12.5. The minimum atomic E-state index is -0.115. The molecular weight excluding hydrogens is 308 g/mol. The fourth-order valence-corrected chi connectivity index (χ4v) is 3.41. The standard InChI is InChI=1S/C13H15ClN6O2/c1-18-12(9(14)5-16-18)13(21)19-3-2-11-10(6-19)20-8(7-22-11)4-15-17-20/h4-5,10-11H,2-3,6-7H2,1H3. The van der Waals surface area contributed by atoms with E-state index in [1.807, 2.05) is 4.68 Å². The molecule has 2 unspecified atom stereocenters. The lowest BCUT2D eigenvalue weighted by Crippen LogP contribution is -2.50. The molecule has 0 bridgehead atoms. The van der Waals surface area contributed by atoms with Gasteiger partial charge in [-0.3, -0.25) is 9.48 Å². The zero-order valence-corrected chi connectivity index (χ0v) is 12.8. The van der Waals surface area contributed by atoms with Crippen LogP contribution in [0.3, 0.4) is 0 Å². The maximum Gasteiger partial charge on any atom is 0.273 e. The zero-order chi connectivity index (χ0) is 15.3. The van der Waals surface area contributed by atoms with Crippen molar-refractivity contribution in [2.45, 2.75) is 25.2 Å². The Labute approximate surface area is 131 Å². The number of piperidine rings is 1. The maximum atomic E-state index is 12.7. The van der Waals surface area contributed by atoms with Gasteiger partial charge in [0, 0.05) is 20.1 Å². The molecule has 0 spiro atoms. The van der Waals surface area contributed by atoms with Gasteiger partial charge in [-0.2, -0.15) is 5.10 Å². The number of ether oxygens (including phenoxy) is 1. The van der Waals surface area contributed by atoms with Gasteiger partial charge in [0.05, 0.1) is 41.9 Å². The highest BCUT2D eigenvalue weighted by atomic mass is 35.5. The zero-order valence-electron chi connectivity index (χ0n) is 12.0. The van der Waals surface area contributed by atoms with Crippen LogP contribution in [-0.2, 0) is 18.4 Å². The van der Waals surface area contributed by atoms with Crippen LogP contribution in [-0.4, -0.2) is 54.8 Å². The number of aromatic nitrogens is 5. The number of carbonyl (C=O) groups excluding carboxylic acids is 1. The summed E-state index contributed by atoms with van der Waals surface area (Å²) in [7, 11) is 1.71. The fourth-order valence-electron chi connectivity index (χ4n) is 3.16. The molecule has 2 aromatic heterocycles. The number of halogens is 1. The number of hydrogen-bond acceptors (Lipinski definition) is 5. The molecule has 116 valence electrons. The van der Waals surface area contributed by atoms with Gasteiger partial charge in [-0.1, -0.05) is 16.8 Å².